The molecule has 5 heterocycles. The Balaban J connectivity index is 0.000000406. The Bertz CT molecular complexity index is 1810. The van der Waals surface area contributed by atoms with Crippen LogP contribution in [0.3, 0.4) is 0 Å². The second-order valence-corrected chi connectivity index (χ2v) is 16.0. The van der Waals surface area contributed by atoms with Crippen molar-refractivity contribution >= 4 is 41.5 Å². The van der Waals surface area contributed by atoms with E-state index in [0.717, 1.165) is 58.3 Å². The molecule has 7 rings (SSSR count). The number of aliphatic carboxylic acids is 4. The third kappa shape index (κ3) is 12.4. The summed E-state index contributed by atoms with van der Waals surface area (Å²) in [5.74, 6) is -3.27. The van der Waals surface area contributed by atoms with Crippen LogP contribution in [-0.4, -0.2) is 126 Å². The van der Waals surface area contributed by atoms with E-state index < -0.39 is 29.7 Å². The number of amides is 2. The highest BCUT2D eigenvalue weighted by atomic mass is 19.1. The molecule has 5 N–H and O–H groups in total. The fourth-order valence-corrected chi connectivity index (χ4v) is 8.07. The molecule has 1 spiro atoms. The van der Waals surface area contributed by atoms with Crippen molar-refractivity contribution in [2.45, 2.75) is 110 Å². The summed E-state index contributed by atoms with van der Waals surface area (Å²) in [6.07, 6.45) is 6.96. The van der Waals surface area contributed by atoms with Gasteiger partial charge in [0, 0.05) is 55.6 Å². The molecule has 5 aliphatic rings. The van der Waals surface area contributed by atoms with Crippen molar-refractivity contribution in [3.63, 3.8) is 0 Å². The van der Waals surface area contributed by atoms with Crippen molar-refractivity contribution in [1.82, 2.24) is 25.1 Å². The summed E-state index contributed by atoms with van der Waals surface area (Å²) in [6.45, 7) is 15.1. The van der Waals surface area contributed by atoms with Gasteiger partial charge in [-0.25, -0.2) is 14.4 Å². The molecule has 59 heavy (non-hydrogen) atoms. The Hall–Kier alpha value is -5.65. The van der Waals surface area contributed by atoms with Gasteiger partial charge >= 0.3 is 23.9 Å². The van der Waals surface area contributed by atoms with Crippen LogP contribution in [-0.2, 0) is 24.0 Å². The summed E-state index contributed by atoms with van der Waals surface area (Å²) in [5, 5.41) is 35.2. The zero-order chi connectivity index (χ0) is 43.6. The third-order valence-corrected chi connectivity index (χ3v) is 10.9. The van der Waals surface area contributed by atoms with Crippen molar-refractivity contribution < 1.29 is 58.3 Å². The van der Waals surface area contributed by atoms with Crippen molar-refractivity contribution in [2.24, 2.45) is 11.3 Å². The van der Waals surface area contributed by atoms with E-state index in [1.165, 1.54) is 30.1 Å². The first-order valence-electron chi connectivity index (χ1n) is 19.8. The molecule has 1 aliphatic carbocycles. The van der Waals surface area contributed by atoms with Crippen LogP contribution in [0.15, 0.2) is 42.9 Å². The molecule has 17 nitrogen and oxygen atoms in total. The lowest BCUT2D eigenvalue weighted by molar-refractivity contribution is -0.143. The number of fused-ring (bicyclic) bond motifs is 3. The van der Waals surface area contributed by atoms with Crippen molar-refractivity contribution in [1.29, 1.82) is 0 Å². The van der Waals surface area contributed by atoms with E-state index in [2.05, 4.69) is 26.8 Å². The number of carbonyl (C=O) groups excluding carboxylic acids is 2. The summed E-state index contributed by atoms with van der Waals surface area (Å²) in [6, 6.07) is 4.16. The molecule has 4 saturated heterocycles. The highest BCUT2D eigenvalue weighted by molar-refractivity contribution is 5.97. The number of hydrogen-bond donors (Lipinski definition) is 5. The largest absolute Gasteiger partial charge is 0.481 e. The molecule has 4 aliphatic heterocycles. The van der Waals surface area contributed by atoms with Crippen LogP contribution in [0.5, 0.6) is 11.5 Å². The van der Waals surface area contributed by atoms with Gasteiger partial charge in [-0.15, -0.1) is 0 Å². The summed E-state index contributed by atoms with van der Waals surface area (Å²) in [7, 11) is 0. The van der Waals surface area contributed by atoms with E-state index in [9.17, 15) is 33.2 Å². The number of halogens is 1. The van der Waals surface area contributed by atoms with Crippen LogP contribution in [0, 0.1) is 17.2 Å². The number of carbonyl (C=O) groups is 6. The lowest BCUT2D eigenvalue weighted by Gasteiger charge is -2.55. The first-order valence-corrected chi connectivity index (χ1v) is 19.8. The first kappa shape index (κ1) is 46.0. The van der Waals surface area contributed by atoms with E-state index in [0.29, 0.717) is 17.6 Å². The molecule has 2 bridgehead atoms. The van der Waals surface area contributed by atoms with Crippen LogP contribution in [0.4, 0.5) is 10.2 Å². The van der Waals surface area contributed by atoms with Gasteiger partial charge in [-0.2, -0.15) is 0 Å². The summed E-state index contributed by atoms with van der Waals surface area (Å²) in [5.41, 5.74) is 1.51. The number of aromatic nitrogens is 2. The van der Waals surface area contributed by atoms with Crippen LogP contribution in [0.25, 0.3) is 0 Å². The number of anilines is 1. The number of likely N-dealkylation sites (tertiary alicyclic amines) is 1. The minimum atomic E-state index is -1.08. The lowest BCUT2D eigenvalue weighted by Crippen LogP contribution is -2.64. The number of carboxylic acid groups (broad SMARTS) is 4. The van der Waals surface area contributed by atoms with E-state index in [4.69, 9.17) is 25.2 Å². The van der Waals surface area contributed by atoms with Crippen LogP contribution < -0.4 is 15.0 Å². The summed E-state index contributed by atoms with van der Waals surface area (Å²) in [4.78, 5) is 80.2. The Labute approximate surface area is 342 Å². The van der Waals surface area contributed by atoms with Crippen molar-refractivity contribution in [2.75, 3.05) is 31.1 Å². The van der Waals surface area contributed by atoms with E-state index in [1.54, 1.807) is 11.1 Å². The number of carboxylic acids is 4. The van der Waals surface area contributed by atoms with Gasteiger partial charge in [-0.3, -0.25) is 28.8 Å². The smallest absolute Gasteiger partial charge is 0.303 e. The predicted molar refractivity (Wildman–Crippen MR) is 212 cm³/mol. The molecule has 0 unspecified atom stereocenters. The van der Waals surface area contributed by atoms with Crippen molar-refractivity contribution in [3.8, 4) is 11.5 Å². The molecule has 2 amide bonds. The van der Waals surface area contributed by atoms with Gasteiger partial charge in [0.05, 0.1) is 43.5 Å². The average molecular weight is 827 g/mol. The molecular weight excluding hydrogens is 771 g/mol. The number of rotatable bonds is 13. The van der Waals surface area contributed by atoms with Gasteiger partial charge in [0.15, 0.2) is 11.6 Å². The molecule has 5 fully saturated rings. The second-order valence-electron chi connectivity index (χ2n) is 16.0. The third-order valence-electron chi connectivity index (χ3n) is 10.9. The Morgan fingerprint density at radius 2 is 1.46 bits per heavy atom. The number of nitrogens with zero attached hydrogens (tertiary/aromatic N) is 5. The van der Waals surface area contributed by atoms with Gasteiger partial charge in [0.25, 0.3) is 5.91 Å². The normalized spacial score (nSPS) is 20.1. The number of nitrogens with one attached hydrogen (secondary N) is 1. The Morgan fingerprint density at radius 3 is 1.95 bits per heavy atom. The minimum Gasteiger partial charge on any atom is -0.481 e. The molecule has 0 radical (unpaired) electrons. The number of hydrogen-bond acceptors (Lipinski definition) is 11. The van der Waals surface area contributed by atoms with Gasteiger partial charge in [0.1, 0.15) is 17.9 Å². The molecule has 3 atom stereocenters. The lowest BCUT2D eigenvalue weighted by atomic mass is 9.70. The van der Waals surface area contributed by atoms with Crippen LogP contribution in [0.1, 0.15) is 95.8 Å². The number of benzene rings is 1. The Kier molecular flexibility index (Phi) is 15.9. The minimum absolute atomic E-state index is 0.0632. The fraction of sp³-hybridized carbons (Fsp3) is 0.561. The van der Waals surface area contributed by atoms with Gasteiger partial charge in [0.2, 0.25) is 5.91 Å². The van der Waals surface area contributed by atoms with E-state index in [1.807, 2.05) is 32.6 Å². The summed E-state index contributed by atoms with van der Waals surface area (Å²) < 4.78 is 20.6. The average Bonchev–Trinajstić information content (AvgIpc) is 3.16. The van der Waals surface area contributed by atoms with E-state index >= 15 is 0 Å². The first-order chi connectivity index (χ1) is 27.8. The maximum absolute atomic E-state index is 14.3. The van der Waals surface area contributed by atoms with E-state index in [-0.39, 0.29) is 78.3 Å². The maximum atomic E-state index is 14.3. The highest BCUT2D eigenvalue weighted by Crippen LogP contribution is 2.45. The number of piperidine rings is 3. The van der Waals surface area contributed by atoms with Crippen LogP contribution >= 0.6 is 0 Å². The zero-order valence-corrected chi connectivity index (χ0v) is 33.9. The standard InChI is InChI=1S/C33H43FN6O3.2C4H6O4/c1-20(2)40(21(3)4)31(41)26-15-23(34)6-9-27(26)43-28-16-35-19-36-30(28)39-17-33(18-39)10-12-38(13-11-33)32(42)29-25-8-7-24(37-29)14-22(25)5;2*5-3(6)1-2-4(7)8/h6,9,15-16,19-21,24-25,29,37H,5,7-8,10-14,17-18H2,1-4H3;2*1-2H2,(H,5,6)(H,7,8)/t24-,25+,29-;;/m0../s1. The van der Waals surface area contributed by atoms with Crippen molar-refractivity contribution in [3.05, 3.63) is 54.3 Å². The van der Waals surface area contributed by atoms with Crippen LogP contribution in [0.2, 0.25) is 0 Å². The van der Waals surface area contributed by atoms with Gasteiger partial charge < -0.3 is 45.2 Å². The topological polar surface area (TPSA) is 240 Å². The maximum Gasteiger partial charge on any atom is 0.303 e. The molecule has 1 aromatic carbocycles. The molecule has 1 saturated carbocycles. The molecule has 1 aromatic heterocycles. The number of ether oxygens (including phenoxy) is 1. The molecule has 322 valence electrons. The van der Waals surface area contributed by atoms with Gasteiger partial charge in [-0.05, 0) is 78.0 Å². The molecule has 2 aromatic rings. The SMILES string of the molecule is C=C1C[C@@H]2CC[C@H]1[C@@H](C(=O)N1CCC3(CC1)CN(c1ncncc1Oc1ccc(F)cc1C(=O)N(C(C)C)C(C)C)C3)N2.O=C(O)CCC(=O)O.O=C(O)CCC(=O)O. The second kappa shape index (κ2) is 20.4. The monoisotopic (exact) mass is 826 g/mol. The fourth-order valence-electron chi connectivity index (χ4n) is 8.07. The Morgan fingerprint density at radius 1 is 0.898 bits per heavy atom. The molecule has 18 heteroatoms. The zero-order valence-electron chi connectivity index (χ0n) is 33.9. The predicted octanol–water partition coefficient (Wildman–Crippen LogP) is 4.66. The highest BCUT2D eigenvalue weighted by Gasteiger charge is 2.49. The van der Waals surface area contributed by atoms with Gasteiger partial charge in [-0.1, -0.05) is 12.2 Å². The quantitative estimate of drug-likeness (QED) is 0.173. The molecular formula is C41H55FN6O11. The summed E-state index contributed by atoms with van der Waals surface area (Å²) >= 11 is 0.